The van der Waals surface area contributed by atoms with Crippen LogP contribution in [0.25, 0.3) is 0 Å². The number of likely N-dealkylation sites (tertiary alicyclic amines) is 1. The molecule has 2 unspecified atom stereocenters. The highest BCUT2D eigenvalue weighted by atomic mass is 32.2. The van der Waals surface area contributed by atoms with Crippen LogP contribution < -0.4 is 10.1 Å². The number of hydrogen-bond acceptors (Lipinski definition) is 7. The Bertz CT molecular complexity index is 1070. The van der Waals surface area contributed by atoms with Gasteiger partial charge in [-0.2, -0.15) is 4.31 Å². The molecule has 3 fully saturated rings. The first kappa shape index (κ1) is 22.6. The normalized spacial score (nSPS) is 27.3. The highest BCUT2D eigenvalue weighted by Crippen LogP contribution is 2.38. The van der Waals surface area contributed by atoms with Crippen LogP contribution in [0, 0.1) is 6.92 Å². The molecule has 10 nitrogen and oxygen atoms in total. The summed E-state index contributed by atoms with van der Waals surface area (Å²) in [6.45, 7) is 5.65. The lowest BCUT2D eigenvalue weighted by Gasteiger charge is -2.39. The van der Waals surface area contributed by atoms with E-state index in [0.717, 1.165) is 0 Å². The van der Waals surface area contributed by atoms with Gasteiger partial charge in [-0.15, -0.1) is 0 Å². The second kappa shape index (κ2) is 8.23. The Balaban J connectivity index is 1.36. The average Bonchev–Trinajstić information content (AvgIpc) is 3.45. The smallest absolute Gasteiger partial charge is 0.265 e. The van der Waals surface area contributed by atoms with Crippen molar-refractivity contribution in [3.05, 3.63) is 17.7 Å². The maximum Gasteiger partial charge on any atom is 0.265 e. The number of benzene rings is 1. The molecule has 3 saturated heterocycles. The lowest BCUT2D eigenvalue weighted by Crippen LogP contribution is -2.53. The number of anilines is 1. The molecule has 4 aliphatic rings. The Morgan fingerprint density at radius 1 is 1.15 bits per heavy atom. The number of rotatable bonds is 3. The number of sulfonamides is 1. The van der Waals surface area contributed by atoms with Crippen molar-refractivity contribution in [3.63, 3.8) is 0 Å². The summed E-state index contributed by atoms with van der Waals surface area (Å²) >= 11 is 0. The van der Waals surface area contributed by atoms with Crippen LogP contribution in [0.1, 0.15) is 38.2 Å². The van der Waals surface area contributed by atoms with Crippen LogP contribution in [0.3, 0.4) is 0 Å². The summed E-state index contributed by atoms with van der Waals surface area (Å²) in [4.78, 5) is 27.1. The fraction of sp³-hybridized carbons (Fsp3) is 0.636. The number of fused-ring (bicyclic) bond motifs is 1. The van der Waals surface area contributed by atoms with E-state index in [1.54, 1.807) is 24.8 Å². The number of ether oxygens (including phenoxy) is 3. The van der Waals surface area contributed by atoms with Gasteiger partial charge in [-0.05, 0) is 38.3 Å². The minimum absolute atomic E-state index is 0.0923. The van der Waals surface area contributed by atoms with Gasteiger partial charge < -0.3 is 24.4 Å². The van der Waals surface area contributed by atoms with Crippen molar-refractivity contribution < 1.29 is 32.2 Å². The van der Waals surface area contributed by atoms with E-state index in [9.17, 15) is 18.0 Å². The lowest BCUT2D eigenvalue weighted by molar-refractivity contribution is -0.188. The molecule has 0 saturated carbocycles. The number of hydrogen-bond donors (Lipinski definition) is 1. The number of nitrogens with zero attached hydrogens (tertiary/aromatic N) is 2. The van der Waals surface area contributed by atoms with Crippen molar-refractivity contribution in [2.24, 2.45) is 0 Å². The van der Waals surface area contributed by atoms with Crippen LogP contribution in [0.4, 0.5) is 5.69 Å². The van der Waals surface area contributed by atoms with Crippen molar-refractivity contribution in [1.82, 2.24) is 9.21 Å². The molecule has 1 N–H and O–H groups in total. The Morgan fingerprint density at radius 3 is 2.55 bits per heavy atom. The Labute approximate surface area is 193 Å². The van der Waals surface area contributed by atoms with E-state index in [1.165, 1.54) is 10.4 Å². The number of amides is 2. The molecule has 33 heavy (non-hydrogen) atoms. The molecule has 0 aliphatic carbocycles. The van der Waals surface area contributed by atoms with Gasteiger partial charge in [0.25, 0.3) is 5.91 Å². The maximum atomic E-state index is 13.7. The van der Waals surface area contributed by atoms with E-state index in [4.69, 9.17) is 14.2 Å². The van der Waals surface area contributed by atoms with Gasteiger partial charge in [0.05, 0.1) is 23.8 Å². The highest BCUT2D eigenvalue weighted by Gasteiger charge is 2.45. The van der Waals surface area contributed by atoms with Crippen LogP contribution in [0.5, 0.6) is 5.75 Å². The van der Waals surface area contributed by atoms with Gasteiger partial charge >= 0.3 is 0 Å². The Hall–Kier alpha value is -2.21. The Kier molecular flexibility index (Phi) is 5.63. The lowest BCUT2D eigenvalue weighted by atomic mass is 10.0. The summed E-state index contributed by atoms with van der Waals surface area (Å²) in [6, 6.07) is 2.32. The summed E-state index contributed by atoms with van der Waals surface area (Å²) in [6.07, 6.45) is 1.56. The zero-order chi connectivity index (χ0) is 23.4. The minimum atomic E-state index is -3.95. The summed E-state index contributed by atoms with van der Waals surface area (Å²) in [7, 11) is -3.95. The fourth-order valence-electron chi connectivity index (χ4n) is 5.09. The van der Waals surface area contributed by atoms with Gasteiger partial charge in [0.1, 0.15) is 11.8 Å². The van der Waals surface area contributed by atoms with Gasteiger partial charge in [0.2, 0.25) is 15.9 Å². The first-order chi connectivity index (χ1) is 15.7. The molecule has 11 heteroatoms. The van der Waals surface area contributed by atoms with Gasteiger partial charge in [0.15, 0.2) is 11.9 Å². The van der Waals surface area contributed by atoms with Crippen molar-refractivity contribution in [3.8, 4) is 5.75 Å². The quantitative estimate of drug-likeness (QED) is 0.694. The number of nitrogens with one attached hydrogen (secondary N) is 1. The van der Waals surface area contributed by atoms with E-state index in [1.807, 2.05) is 0 Å². The predicted octanol–water partition coefficient (Wildman–Crippen LogP) is 1.23. The topological polar surface area (TPSA) is 114 Å². The number of carbonyl (C=O) groups excluding carboxylic acids is 2. The molecule has 0 bridgehead atoms. The molecule has 2 atom stereocenters. The second-order valence-corrected chi connectivity index (χ2v) is 10.9. The third kappa shape index (κ3) is 3.90. The molecule has 1 aromatic rings. The maximum absolute atomic E-state index is 13.7. The minimum Gasteiger partial charge on any atom is -0.479 e. The van der Waals surface area contributed by atoms with E-state index >= 15 is 0 Å². The SMILES string of the molecule is Cc1cc2c(cc1S(=O)(=O)N1CCCC1C(=O)N1CCC3(CC1)OCCO3)OC(C)C(=O)N2. The van der Waals surface area contributed by atoms with Crippen LogP contribution in [-0.2, 0) is 29.1 Å². The van der Waals surface area contributed by atoms with Crippen molar-refractivity contribution in [1.29, 1.82) is 0 Å². The van der Waals surface area contributed by atoms with Crippen LogP contribution in [0.2, 0.25) is 0 Å². The van der Waals surface area contributed by atoms with E-state index in [-0.39, 0.29) is 23.3 Å². The predicted molar refractivity (Wildman–Crippen MR) is 117 cm³/mol. The van der Waals surface area contributed by atoms with Crippen LogP contribution in [0.15, 0.2) is 17.0 Å². The molecule has 180 valence electrons. The molecule has 4 aliphatic heterocycles. The van der Waals surface area contributed by atoms with Crippen LogP contribution in [-0.4, -0.2) is 80.2 Å². The number of carbonyl (C=O) groups is 2. The zero-order valence-corrected chi connectivity index (χ0v) is 19.7. The summed E-state index contributed by atoms with van der Waals surface area (Å²) in [5, 5.41) is 2.74. The molecule has 1 spiro atoms. The first-order valence-electron chi connectivity index (χ1n) is 11.4. The summed E-state index contributed by atoms with van der Waals surface area (Å²) in [5.74, 6) is -0.729. The monoisotopic (exact) mass is 479 g/mol. The zero-order valence-electron chi connectivity index (χ0n) is 18.8. The highest BCUT2D eigenvalue weighted by molar-refractivity contribution is 7.89. The molecule has 5 rings (SSSR count). The first-order valence-corrected chi connectivity index (χ1v) is 12.8. The van der Waals surface area contributed by atoms with Crippen molar-refractivity contribution in [2.75, 3.05) is 38.2 Å². The Morgan fingerprint density at radius 2 is 1.85 bits per heavy atom. The number of piperidine rings is 1. The van der Waals surface area contributed by atoms with E-state index in [0.29, 0.717) is 69.0 Å². The molecule has 0 aromatic heterocycles. The molecule has 1 aromatic carbocycles. The molecular weight excluding hydrogens is 450 g/mol. The van der Waals surface area contributed by atoms with Gasteiger partial charge in [-0.3, -0.25) is 9.59 Å². The fourth-order valence-corrected chi connectivity index (χ4v) is 6.96. The molecule has 0 radical (unpaired) electrons. The third-order valence-electron chi connectivity index (χ3n) is 6.93. The third-order valence-corrected chi connectivity index (χ3v) is 8.98. The summed E-state index contributed by atoms with van der Waals surface area (Å²) in [5.41, 5.74) is 0.933. The van der Waals surface area contributed by atoms with Crippen LogP contribution >= 0.6 is 0 Å². The van der Waals surface area contributed by atoms with Crippen molar-refractivity contribution in [2.45, 2.75) is 62.4 Å². The van der Waals surface area contributed by atoms with Crippen molar-refractivity contribution >= 4 is 27.5 Å². The standard InChI is InChI=1S/C22H29N3O7S/c1-14-12-16-18(32-15(2)20(26)23-16)13-19(14)33(28,29)25-7-3-4-17(25)21(27)24-8-5-22(6-9-24)30-10-11-31-22/h12-13,15,17H,3-11H2,1-2H3,(H,23,26). The van der Waals surface area contributed by atoms with E-state index < -0.39 is 28.0 Å². The average molecular weight is 480 g/mol. The van der Waals surface area contributed by atoms with Gasteiger partial charge in [-0.25, -0.2) is 8.42 Å². The second-order valence-electron chi connectivity index (χ2n) is 9.07. The van der Waals surface area contributed by atoms with Gasteiger partial charge in [-0.1, -0.05) is 0 Å². The number of aryl methyl sites for hydroxylation is 1. The van der Waals surface area contributed by atoms with Gasteiger partial charge in [0, 0.05) is 38.5 Å². The molecular formula is C22H29N3O7S. The molecule has 4 heterocycles. The summed E-state index contributed by atoms with van der Waals surface area (Å²) < 4.78 is 45.7. The largest absolute Gasteiger partial charge is 0.479 e. The van der Waals surface area contributed by atoms with E-state index in [2.05, 4.69) is 5.32 Å². The molecule has 2 amide bonds.